The summed E-state index contributed by atoms with van der Waals surface area (Å²) in [5.74, 6) is 0. The van der Waals surface area contributed by atoms with Crippen LogP contribution in [0.4, 0.5) is 0 Å². The minimum Gasteiger partial charge on any atom is -0.322 e. The van der Waals surface area contributed by atoms with Crippen LogP contribution in [-0.4, -0.2) is 9.32 Å². The zero-order chi connectivity index (χ0) is 4.41. The number of hydrogen-bond acceptors (Lipinski definition) is 1. The van der Waals surface area contributed by atoms with E-state index in [1.165, 1.54) is 0 Å². The normalized spacial score (nSPS) is 7.57. The van der Waals surface area contributed by atoms with E-state index >= 15 is 0 Å². The molecule has 0 aliphatic rings. The topological polar surface area (TPSA) is 17.8 Å². The Hall–Kier alpha value is 0.263. The first-order valence-electron chi connectivity index (χ1n) is 1.62. The van der Waals surface area contributed by atoms with E-state index in [-0.39, 0.29) is 19.5 Å². The predicted molar refractivity (Wildman–Crippen MR) is 27.3 cm³/mol. The average Bonchev–Trinajstić information content (AvgIpc) is 1.86. The zero-order valence-corrected chi connectivity index (χ0v) is 6.45. The van der Waals surface area contributed by atoms with Gasteiger partial charge in [-0.15, -0.1) is 0 Å². The summed E-state index contributed by atoms with van der Waals surface area (Å²) in [7, 11) is 2.47. The Kier molecular flexibility index (Phi) is 3.41. The maximum absolute atomic E-state index is 3.76. The smallest absolute Gasteiger partial charge is 0.0974 e. The molecule has 0 amide bonds. The maximum Gasteiger partial charge on any atom is 0.0974 e. The molecule has 1 atom stereocenters. The molecule has 0 fully saturated rings. The maximum atomic E-state index is 3.76. The molecule has 0 saturated carbocycles. The van der Waals surface area contributed by atoms with Crippen molar-refractivity contribution in [2.24, 2.45) is 0 Å². The largest absolute Gasteiger partial charge is 0.322 e. The van der Waals surface area contributed by atoms with Crippen LogP contribution in [0.15, 0.2) is 18.7 Å². The number of imidazole rings is 1. The molecule has 2 nitrogen and oxygen atoms in total. The first kappa shape index (κ1) is 7.26. The van der Waals surface area contributed by atoms with Crippen LogP contribution in [0.3, 0.4) is 0 Å². The van der Waals surface area contributed by atoms with Gasteiger partial charge in [-0.2, -0.15) is 0 Å². The summed E-state index contributed by atoms with van der Waals surface area (Å²) < 4.78 is 1.81. The van der Waals surface area contributed by atoms with E-state index in [0.29, 0.717) is 0 Å². The van der Waals surface area contributed by atoms with Gasteiger partial charge in [0.25, 0.3) is 0 Å². The van der Waals surface area contributed by atoms with Crippen LogP contribution in [-0.2, 0) is 19.5 Å². The van der Waals surface area contributed by atoms with Gasteiger partial charge < -0.3 is 4.34 Å². The van der Waals surface area contributed by atoms with Crippen molar-refractivity contribution < 1.29 is 19.5 Å². The van der Waals surface area contributed by atoms with Gasteiger partial charge in [0.15, 0.2) is 0 Å². The summed E-state index contributed by atoms with van der Waals surface area (Å²) >= 11 is 0. The fraction of sp³-hybridized carbons (Fsp3) is 0. The Morgan fingerprint density at radius 1 is 1.57 bits per heavy atom. The van der Waals surface area contributed by atoms with Crippen LogP contribution in [0.1, 0.15) is 0 Å². The first-order chi connectivity index (χ1) is 2.89. The second-order valence-corrected chi connectivity index (χ2v) is 1.61. The molecule has 0 bridgehead atoms. The zero-order valence-electron chi connectivity index (χ0n) is 3.56. The third kappa shape index (κ3) is 2.16. The van der Waals surface area contributed by atoms with Crippen molar-refractivity contribution >= 4 is 9.39 Å². The molecule has 0 saturated heterocycles. The Bertz CT molecular complexity index is 116. The van der Waals surface area contributed by atoms with E-state index in [0.717, 1.165) is 0 Å². The number of nitrogens with zero attached hydrogens (tertiary/aromatic N) is 2. The standard InChI is InChI=1S/C3H5N2P.Ru/c6-5-2-1-4-3-5;/h1-3H,6H2;. The van der Waals surface area contributed by atoms with Crippen molar-refractivity contribution in [1.29, 1.82) is 0 Å². The van der Waals surface area contributed by atoms with Crippen LogP contribution in [0.25, 0.3) is 0 Å². The second-order valence-electron chi connectivity index (χ2n) is 1.01. The molecule has 40 valence electrons. The van der Waals surface area contributed by atoms with Gasteiger partial charge in [-0.1, -0.05) is 0 Å². The summed E-state index contributed by atoms with van der Waals surface area (Å²) in [6.45, 7) is 0. The average molecular weight is 201 g/mol. The van der Waals surface area contributed by atoms with Gasteiger partial charge in [0.2, 0.25) is 0 Å². The van der Waals surface area contributed by atoms with Gasteiger partial charge >= 0.3 is 0 Å². The fourth-order valence-corrected chi connectivity index (χ4v) is 0.423. The predicted octanol–water partition coefficient (Wildman–Crippen LogP) is 0.519. The Morgan fingerprint density at radius 3 is 2.43 bits per heavy atom. The van der Waals surface area contributed by atoms with Gasteiger partial charge in [-0.3, -0.25) is 0 Å². The molecule has 0 aliphatic carbocycles. The number of aromatic nitrogens is 2. The van der Waals surface area contributed by atoms with Crippen molar-refractivity contribution in [3.05, 3.63) is 18.7 Å². The van der Waals surface area contributed by atoms with Gasteiger partial charge in [0.05, 0.1) is 6.33 Å². The quantitative estimate of drug-likeness (QED) is 0.442. The monoisotopic (exact) mass is 202 g/mol. The molecule has 0 spiro atoms. The van der Waals surface area contributed by atoms with Gasteiger partial charge in [-0.05, 0) is 9.39 Å². The summed E-state index contributed by atoms with van der Waals surface area (Å²) in [6, 6.07) is 0. The Balaban J connectivity index is 0.000000360. The molecule has 7 heavy (non-hydrogen) atoms. The van der Waals surface area contributed by atoms with Gasteiger partial charge in [-0.25, -0.2) is 4.98 Å². The Labute approximate surface area is 57.3 Å². The first-order valence-corrected chi connectivity index (χ1v) is 2.14. The van der Waals surface area contributed by atoms with E-state index in [1.807, 2.05) is 6.20 Å². The molecule has 0 N–H and O–H groups in total. The van der Waals surface area contributed by atoms with Crippen LogP contribution in [0, 0.1) is 0 Å². The van der Waals surface area contributed by atoms with Gasteiger partial charge in [0.1, 0.15) is 0 Å². The summed E-state index contributed by atoms with van der Waals surface area (Å²) in [6.07, 6.45) is 5.29. The third-order valence-corrected chi connectivity index (χ3v) is 0.830. The van der Waals surface area contributed by atoms with Crippen LogP contribution < -0.4 is 0 Å². The molecule has 0 aromatic carbocycles. The second kappa shape index (κ2) is 3.29. The molecule has 1 heterocycles. The molecule has 0 radical (unpaired) electrons. The Morgan fingerprint density at radius 2 is 2.29 bits per heavy atom. The number of hydrogen-bond donors (Lipinski definition) is 0. The summed E-state index contributed by atoms with van der Waals surface area (Å²) in [4.78, 5) is 3.76. The van der Waals surface area contributed by atoms with E-state index in [4.69, 9.17) is 0 Å². The fourth-order valence-electron chi connectivity index (χ4n) is 0.269. The molecule has 1 unspecified atom stereocenters. The summed E-state index contributed by atoms with van der Waals surface area (Å²) in [5.41, 5.74) is 0. The molecule has 1 aromatic rings. The van der Waals surface area contributed by atoms with Crippen molar-refractivity contribution in [2.75, 3.05) is 0 Å². The van der Waals surface area contributed by atoms with Crippen molar-refractivity contribution in [2.45, 2.75) is 0 Å². The molecule has 4 heteroatoms. The minimum absolute atomic E-state index is 0. The van der Waals surface area contributed by atoms with Crippen LogP contribution >= 0.6 is 9.39 Å². The van der Waals surface area contributed by atoms with Crippen LogP contribution in [0.2, 0.25) is 0 Å². The SMILES string of the molecule is Pn1ccnc1.[Ru]. The van der Waals surface area contributed by atoms with Crippen molar-refractivity contribution in [3.63, 3.8) is 0 Å². The van der Waals surface area contributed by atoms with Gasteiger partial charge in [0, 0.05) is 31.9 Å². The van der Waals surface area contributed by atoms with Crippen LogP contribution in [0.5, 0.6) is 0 Å². The molecule has 1 aromatic heterocycles. The van der Waals surface area contributed by atoms with Crippen molar-refractivity contribution in [3.8, 4) is 0 Å². The third-order valence-electron chi connectivity index (χ3n) is 0.525. The molecular weight excluding hydrogens is 196 g/mol. The van der Waals surface area contributed by atoms with Crippen molar-refractivity contribution in [1.82, 2.24) is 9.32 Å². The van der Waals surface area contributed by atoms with E-state index in [1.54, 1.807) is 16.9 Å². The molecule has 0 aliphatic heterocycles. The molecular formula is C3H5N2PRu. The summed E-state index contributed by atoms with van der Waals surface area (Å²) in [5, 5.41) is 0. The van der Waals surface area contributed by atoms with E-state index in [2.05, 4.69) is 14.4 Å². The van der Waals surface area contributed by atoms with E-state index < -0.39 is 0 Å². The van der Waals surface area contributed by atoms with E-state index in [9.17, 15) is 0 Å². The minimum atomic E-state index is 0. The molecule has 1 rings (SSSR count). The number of rotatable bonds is 0.